The van der Waals surface area contributed by atoms with E-state index >= 15 is 0 Å². The fraction of sp³-hybridized carbons (Fsp3) is 0.889. The average molecular weight is 312 g/mol. The molecule has 0 aromatic carbocycles. The molecule has 0 unspecified atom stereocenters. The number of ether oxygens (including phenoxy) is 2. The molecule has 4 heteroatoms. The van der Waals surface area contributed by atoms with Crippen molar-refractivity contribution in [3.8, 4) is 0 Å². The molecule has 0 aliphatic heterocycles. The van der Waals surface area contributed by atoms with E-state index in [4.69, 9.17) is 4.74 Å². The van der Waals surface area contributed by atoms with Gasteiger partial charge in [-0.1, -0.05) is 26.2 Å². The first kappa shape index (κ1) is 19.0. The fourth-order valence-corrected chi connectivity index (χ4v) is 3.16. The molecule has 1 aliphatic rings. The van der Waals surface area contributed by atoms with Gasteiger partial charge in [-0.3, -0.25) is 9.59 Å². The Kier molecular flexibility index (Phi) is 10.8. The molecule has 0 atom stereocenters. The molecule has 4 nitrogen and oxygen atoms in total. The highest BCUT2D eigenvalue weighted by Crippen LogP contribution is 2.32. The SMILES string of the molecule is CCCCC1CCC(C(=O)OCCCCCCOC=O)CC1. The Labute approximate surface area is 134 Å². The van der Waals surface area contributed by atoms with Crippen LogP contribution in [0.1, 0.15) is 77.6 Å². The van der Waals surface area contributed by atoms with Gasteiger partial charge in [0.05, 0.1) is 19.1 Å². The molecule has 1 rings (SSSR count). The molecule has 128 valence electrons. The Hall–Kier alpha value is -1.06. The van der Waals surface area contributed by atoms with Gasteiger partial charge in [-0.2, -0.15) is 0 Å². The summed E-state index contributed by atoms with van der Waals surface area (Å²) in [4.78, 5) is 22.0. The van der Waals surface area contributed by atoms with Crippen LogP contribution in [0.25, 0.3) is 0 Å². The number of esters is 1. The average Bonchev–Trinajstić information content (AvgIpc) is 2.55. The third-order valence-electron chi connectivity index (χ3n) is 4.61. The second-order valence-electron chi connectivity index (χ2n) is 6.41. The molecular formula is C18H32O4. The minimum atomic E-state index is 0.0122. The van der Waals surface area contributed by atoms with Gasteiger partial charge in [-0.25, -0.2) is 0 Å². The van der Waals surface area contributed by atoms with Crippen LogP contribution in [0, 0.1) is 11.8 Å². The van der Waals surface area contributed by atoms with Crippen LogP contribution in [-0.2, 0) is 19.1 Å². The van der Waals surface area contributed by atoms with E-state index in [2.05, 4.69) is 11.7 Å². The van der Waals surface area contributed by atoms with Gasteiger partial charge < -0.3 is 9.47 Å². The number of hydrogen-bond donors (Lipinski definition) is 0. The fourth-order valence-electron chi connectivity index (χ4n) is 3.16. The molecule has 0 radical (unpaired) electrons. The molecule has 0 aromatic heterocycles. The molecule has 0 spiro atoms. The van der Waals surface area contributed by atoms with Gasteiger partial charge in [-0.05, 0) is 57.3 Å². The van der Waals surface area contributed by atoms with E-state index in [9.17, 15) is 9.59 Å². The molecule has 0 aromatic rings. The maximum absolute atomic E-state index is 12.0. The van der Waals surface area contributed by atoms with E-state index in [0.29, 0.717) is 19.7 Å². The van der Waals surface area contributed by atoms with Gasteiger partial charge in [0.2, 0.25) is 0 Å². The molecule has 22 heavy (non-hydrogen) atoms. The number of hydrogen-bond acceptors (Lipinski definition) is 4. The summed E-state index contributed by atoms with van der Waals surface area (Å²) in [5, 5.41) is 0. The van der Waals surface area contributed by atoms with Gasteiger partial charge in [-0.15, -0.1) is 0 Å². The minimum absolute atomic E-state index is 0.0122. The van der Waals surface area contributed by atoms with E-state index in [0.717, 1.165) is 44.4 Å². The Morgan fingerprint density at radius 3 is 2.32 bits per heavy atom. The van der Waals surface area contributed by atoms with Crippen molar-refractivity contribution in [3.05, 3.63) is 0 Å². The van der Waals surface area contributed by atoms with Gasteiger partial charge in [0, 0.05) is 0 Å². The predicted molar refractivity (Wildman–Crippen MR) is 86.4 cm³/mol. The lowest BCUT2D eigenvalue weighted by Crippen LogP contribution is -2.24. The van der Waals surface area contributed by atoms with E-state index in [1.165, 1.54) is 32.1 Å². The van der Waals surface area contributed by atoms with Crippen LogP contribution >= 0.6 is 0 Å². The first-order valence-electron chi connectivity index (χ1n) is 8.99. The van der Waals surface area contributed by atoms with Gasteiger partial charge in [0.25, 0.3) is 6.47 Å². The van der Waals surface area contributed by atoms with E-state index < -0.39 is 0 Å². The van der Waals surface area contributed by atoms with Crippen LogP contribution in [0.2, 0.25) is 0 Å². The quantitative estimate of drug-likeness (QED) is 0.307. The molecule has 0 amide bonds. The van der Waals surface area contributed by atoms with Gasteiger partial charge in [0.1, 0.15) is 0 Å². The topological polar surface area (TPSA) is 52.6 Å². The molecule has 1 fully saturated rings. The summed E-state index contributed by atoms with van der Waals surface area (Å²) in [5.41, 5.74) is 0. The zero-order valence-electron chi connectivity index (χ0n) is 14.1. The Balaban J connectivity index is 1.98. The Morgan fingerprint density at radius 2 is 1.68 bits per heavy atom. The van der Waals surface area contributed by atoms with E-state index in [-0.39, 0.29) is 11.9 Å². The number of unbranched alkanes of at least 4 members (excludes halogenated alkanes) is 4. The van der Waals surface area contributed by atoms with Crippen molar-refractivity contribution < 1.29 is 19.1 Å². The molecule has 0 N–H and O–H groups in total. The van der Waals surface area contributed by atoms with Gasteiger partial charge >= 0.3 is 5.97 Å². The van der Waals surface area contributed by atoms with E-state index in [1.54, 1.807) is 0 Å². The smallest absolute Gasteiger partial charge is 0.308 e. The molecule has 0 saturated heterocycles. The second kappa shape index (κ2) is 12.5. The van der Waals surface area contributed by atoms with Crippen molar-refractivity contribution in [1.82, 2.24) is 0 Å². The summed E-state index contributed by atoms with van der Waals surface area (Å²) in [5.74, 6) is 0.981. The number of rotatable bonds is 12. The highest BCUT2D eigenvalue weighted by atomic mass is 16.5. The van der Waals surface area contributed by atoms with Crippen LogP contribution in [0.3, 0.4) is 0 Å². The Morgan fingerprint density at radius 1 is 1.00 bits per heavy atom. The molecule has 1 aliphatic carbocycles. The first-order chi connectivity index (χ1) is 10.8. The standard InChI is InChI=1S/C18H32O4/c1-2-3-8-16-9-11-17(12-10-16)18(20)22-14-7-5-4-6-13-21-15-19/h15-17H,2-14H2,1H3. The second-order valence-corrected chi connectivity index (χ2v) is 6.41. The maximum Gasteiger partial charge on any atom is 0.308 e. The minimum Gasteiger partial charge on any atom is -0.468 e. The summed E-state index contributed by atoms with van der Waals surface area (Å²) in [6.07, 6.45) is 12.1. The summed E-state index contributed by atoms with van der Waals surface area (Å²) in [6, 6.07) is 0. The van der Waals surface area contributed by atoms with Crippen molar-refractivity contribution in [2.24, 2.45) is 11.8 Å². The third kappa shape index (κ3) is 8.40. The maximum atomic E-state index is 12.0. The van der Waals surface area contributed by atoms with Crippen LogP contribution in [0.5, 0.6) is 0 Å². The lowest BCUT2D eigenvalue weighted by atomic mass is 9.80. The van der Waals surface area contributed by atoms with E-state index in [1.807, 2.05) is 0 Å². The summed E-state index contributed by atoms with van der Waals surface area (Å²) < 4.78 is 10.0. The van der Waals surface area contributed by atoms with Crippen molar-refractivity contribution >= 4 is 12.4 Å². The summed E-state index contributed by atoms with van der Waals surface area (Å²) in [7, 11) is 0. The largest absolute Gasteiger partial charge is 0.468 e. The van der Waals surface area contributed by atoms with Crippen molar-refractivity contribution in [3.63, 3.8) is 0 Å². The normalized spacial score (nSPS) is 21.3. The van der Waals surface area contributed by atoms with Crippen LogP contribution in [0.15, 0.2) is 0 Å². The monoisotopic (exact) mass is 312 g/mol. The molecule has 1 saturated carbocycles. The first-order valence-corrected chi connectivity index (χ1v) is 8.99. The summed E-state index contributed by atoms with van der Waals surface area (Å²) >= 11 is 0. The lowest BCUT2D eigenvalue weighted by Gasteiger charge is -2.27. The van der Waals surface area contributed by atoms with Crippen molar-refractivity contribution in [1.29, 1.82) is 0 Å². The summed E-state index contributed by atoms with van der Waals surface area (Å²) in [6.45, 7) is 3.74. The highest BCUT2D eigenvalue weighted by Gasteiger charge is 2.26. The predicted octanol–water partition coefficient (Wildman–Crippen LogP) is 4.26. The zero-order valence-corrected chi connectivity index (χ0v) is 14.1. The van der Waals surface area contributed by atoms with Crippen LogP contribution in [0.4, 0.5) is 0 Å². The van der Waals surface area contributed by atoms with Crippen LogP contribution < -0.4 is 0 Å². The van der Waals surface area contributed by atoms with Crippen LogP contribution in [-0.4, -0.2) is 25.7 Å². The molecular weight excluding hydrogens is 280 g/mol. The molecule has 0 bridgehead atoms. The van der Waals surface area contributed by atoms with Gasteiger partial charge in [0.15, 0.2) is 0 Å². The zero-order chi connectivity index (χ0) is 16.0. The number of carbonyl (C=O) groups is 2. The third-order valence-corrected chi connectivity index (χ3v) is 4.61. The highest BCUT2D eigenvalue weighted by molar-refractivity contribution is 5.72. The van der Waals surface area contributed by atoms with Crippen molar-refractivity contribution in [2.45, 2.75) is 77.6 Å². The lowest BCUT2D eigenvalue weighted by molar-refractivity contribution is -0.150. The van der Waals surface area contributed by atoms with Crippen molar-refractivity contribution in [2.75, 3.05) is 13.2 Å². The Bertz CT molecular complexity index is 295. The molecule has 0 heterocycles. The number of carbonyl (C=O) groups excluding carboxylic acids is 2.